The highest BCUT2D eigenvalue weighted by Crippen LogP contribution is 2.30. The molecular weight excluding hydrogens is 429 g/mol. The van der Waals surface area contributed by atoms with Crippen LogP contribution in [0.5, 0.6) is 0 Å². The number of nitrogens with two attached hydrogens (primary N) is 1. The fourth-order valence-corrected chi connectivity index (χ4v) is 4.63. The van der Waals surface area contributed by atoms with Gasteiger partial charge in [0.15, 0.2) is 0 Å². The summed E-state index contributed by atoms with van der Waals surface area (Å²) in [5, 5.41) is 5.91. The molecule has 7 nitrogen and oxygen atoms in total. The molecule has 3 N–H and O–H groups in total. The van der Waals surface area contributed by atoms with Gasteiger partial charge in [0.1, 0.15) is 22.3 Å². The third-order valence-electron chi connectivity index (χ3n) is 5.20. The first-order chi connectivity index (χ1) is 15.0. The van der Waals surface area contributed by atoms with E-state index in [1.807, 2.05) is 26.8 Å². The smallest absolute Gasteiger partial charge is 0.265 e. The third kappa shape index (κ3) is 3.91. The number of hydrogen-bond acceptors (Lipinski definition) is 5. The number of rotatable bonds is 4. The minimum absolute atomic E-state index is 0.185. The molecule has 0 saturated carbocycles. The van der Waals surface area contributed by atoms with Crippen LogP contribution in [0.3, 0.4) is 0 Å². The summed E-state index contributed by atoms with van der Waals surface area (Å²) in [6.07, 6.45) is 1.58. The number of fused-ring (bicyclic) bond motifs is 1. The Bertz CT molecular complexity index is 1440. The molecule has 4 rings (SSSR count). The standard InChI is InChI=1S/C23H24FN5O2S/c1-14-12-21(28-32(30,31)20-9-8-15(13-18(20)24)23(2,3)4)29(27-14)19-7-5-6-17-16(19)10-11-26-22(17)25/h5-13,28H,1-4H3,(H2,25,26). The maximum atomic E-state index is 14.8. The van der Waals surface area contributed by atoms with Gasteiger partial charge in [-0.2, -0.15) is 5.10 Å². The first-order valence-electron chi connectivity index (χ1n) is 10.0. The van der Waals surface area contributed by atoms with Crippen LogP contribution in [0.2, 0.25) is 0 Å². The maximum Gasteiger partial charge on any atom is 0.265 e. The summed E-state index contributed by atoms with van der Waals surface area (Å²) < 4.78 is 44.9. The average molecular weight is 454 g/mol. The number of aromatic nitrogens is 3. The van der Waals surface area contributed by atoms with Gasteiger partial charge in [0.05, 0.1) is 11.4 Å². The monoisotopic (exact) mass is 453 g/mol. The highest BCUT2D eigenvalue weighted by atomic mass is 32.2. The second-order valence-corrected chi connectivity index (χ2v) is 10.3. The van der Waals surface area contributed by atoms with E-state index in [2.05, 4.69) is 14.8 Å². The third-order valence-corrected chi connectivity index (χ3v) is 6.59. The summed E-state index contributed by atoms with van der Waals surface area (Å²) in [5.74, 6) is -0.266. The second-order valence-electron chi connectivity index (χ2n) is 8.65. The van der Waals surface area contributed by atoms with Gasteiger partial charge in [-0.1, -0.05) is 39.0 Å². The molecule has 0 bridgehead atoms. The molecule has 0 spiro atoms. The minimum Gasteiger partial charge on any atom is -0.383 e. The summed E-state index contributed by atoms with van der Waals surface area (Å²) in [5.41, 5.74) is 7.59. The van der Waals surface area contributed by atoms with Crippen LogP contribution < -0.4 is 10.5 Å². The highest BCUT2D eigenvalue weighted by molar-refractivity contribution is 7.92. The molecule has 0 atom stereocenters. The number of nitrogen functional groups attached to an aromatic ring is 1. The van der Waals surface area contributed by atoms with Gasteiger partial charge in [0, 0.05) is 23.0 Å². The van der Waals surface area contributed by atoms with Crippen molar-refractivity contribution in [1.82, 2.24) is 14.8 Å². The van der Waals surface area contributed by atoms with Crippen molar-refractivity contribution in [1.29, 1.82) is 0 Å². The van der Waals surface area contributed by atoms with Crippen LogP contribution >= 0.6 is 0 Å². The first-order valence-corrected chi connectivity index (χ1v) is 11.5. The number of nitrogens with one attached hydrogen (secondary N) is 1. The number of hydrogen-bond donors (Lipinski definition) is 2. The summed E-state index contributed by atoms with van der Waals surface area (Å²) in [6, 6.07) is 13.0. The molecule has 32 heavy (non-hydrogen) atoms. The van der Waals surface area contributed by atoms with Crippen molar-refractivity contribution in [2.75, 3.05) is 10.5 Å². The Morgan fingerprint density at radius 2 is 1.81 bits per heavy atom. The number of pyridine rings is 1. The summed E-state index contributed by atoms with van der Waals surface area (Å²) in [6.45, 7) is 7.54. The van der Waals surface area contributed by atoms with Crippen molar-refractivity contribution in [2.45, 2.75) is 38.0 Å². The van der Waals surface area contributed by atoms with Gasteiger partial charge in [-0.25, -0.2) is 22.5 Å². The van der Waals surface area contributed by atoms with Crippen molar-refractivity contribution in [3.8, 4) is 5.69 Å². The Morgan fingerprint density at radius 3 is 2.50 bits per heavy atom. The maximum absolute atomic E-state index is 14.8. The van der Waals surface area contributed by atoms with Gasteiger partial charge in [-0.15, -0.1) is 0 Å². The molecule has 0 aliphatic carbocycles. The lowest BCUT2D eigenvalue weighted by molar-refractivity contribution is 0.550. The quantitative estimate of drug-likeness (QED) is 0.472. The molecule has 0 amide bonds. The van der Waals surface area contributed by atoms with E-state index < -0.39 is 20.7 Å². The molecule has 0 aliphatic heterocycles. The number of halogens is 1. The molecule has 0 fully saturated rings. The summed E-state index contributed by atoms with van der Waals surface area (Å²) in [7, 11) is -4.21. The molecule has 2 aromatic carbocycles. The van der Waals surface area contributed by atoms with Gasteiger partial charge in [0.25, 0.3) is 10.0 Å². The van der Waals surface area contributed by atoms with E-state index in [1.165, 1.54) is 16.8 Å². The van der Waals surface area contributed by atoms with Crippen LogP contribution in [-0.2, 0) is 15.4 Å². The Kier molecular flexibility index (Phi) is 5.16. The molecule has 9 heteroatoms. The van der Waals surface area contributed by atoms with Crippen LogP contribution in [0.1, 0.15) is 32.0 Å². The lowest BCUT2D eigenvalue weighted by Gasteiger charge is -2.20. The van der Waals surface area contributed by atoms with Gasteiger partial charge in [0.2, 0.25) is 0 Å². The molecule has 2 aromatic heterocycles. The predicted molar refractivity (Wildman–Crippen MR) is 124 cm³/mol. The molecule has 166 valence electrons. The molecule has 0 aliphatic rings. The molecular formula is C23H24FN5O2S. The van der Waals surface area contributed by atoms with Crippen LogP contribution in [0, 0.1) is 12.7 Å². The number of nitrogens with zero attached hydrogens (tertiary/aromatic N) is 3. The molecule has 0 unspecified atom stereocenters. The summed E-state index contributed by atoms with van der Waals surface area (Å²) >= 11 is 0. The van der Waals surface area contributed by atoms with Crippen molar-refractivity contribution < 1.29 is 12.8 Å². The number of aryl methyl sites for hydroxylation is 1. The van der Waals surface area contributed by atoms with Crippen LogP contribution in [0.4, 0.5) is 16.0 Å². The topological polar surface area (TPSA) is 103 Å². The molecule has 0 radical (unpaired) electrons. The van der Waals surface area contributed by atoms with Crippen molar-refractivity contribution in [3.63, 3.8) is 0 Å². The van der Waals surface area contributed by atoms with Gasteiger partial charge >= 0.3 is 0 Å². The highest BCUT2D eigenvalue weighted by Gasteiger charge is 2.24. The predicted octanol–water partition coefficient (Wildman–Crippen LogP) is 4.55. The lowest BCUT2D eigenvalue weighted by Crippen LogP contribution is -2.18. The Morgan fingerprint density at radius 1 is 1.06 bits per heavy atom. The Labute approximate surface area is 186 Å². The normalized spacial score (nSPS) is 12.3. The fraction of sp³-hybridized carbons (Fsp3) is 0.217. The molecule has 0 saturated heterocycles. The minimum atomic E-state index is -4.21. The van der Waals surface area contributed by atoms with E-state index in [0.29, 0.717) is 22.8 Å². The summed E-state index contributed by atoms with van der Waals surface area (Å²) in [4.78, 5) is 3.67. The van der Waals surface area contributed by atoms with E-state index in [4.69, 9.17) is 5.73 Å². The lowest BCUT2D eigenvalue weighted by atomic mass is 9.87. The van der Waals surface area contributed by atoms with Gasteiger partial charge in [-0.05, 0) is 42.2 Å². The largest absolute Gasteiger partial charge is 0.383 e. The van der Waals surface area contributed by atoms with Gasteiger partial charge in [-0.3, -0.25) is 4.72 Å². The number of benzene rings is 2. The van der Waals surface area contributed by atoms with Crippen LogP contribution in [0.15, 0.2) is 59.6 Å². The molecule has 4 aromatic rings. The van der Waals surface area contributed by atoms with Gasteiger partial charge < -0.3 is 5.73 Å². The van der Waals surface area contributed by atoms with Crippen LogP contribution in [-0.4, -0.2) is 23.2 Å². The number of sulfonamides is 1. The van der Waals surface area contributed by atoms with E-state index in [-0.39, 0.29) is 11.2 Å². The van der Waals surface area contributed by atoms with E-state index in [9.17, 15) is 12.8 Å². The van der Waals surface area contributed by atoms with Crippen molar-refractivity contribution in [3.05, 3.63) is 71.8 Å². The van der Waals surface area contributed by atoms with E-state index in [1.54, 1.807) is 43.5 Å². The molecule has 2 heterocycles. The second kappa shape index (κ2) is 7.59. The van der Waals surface area contributed by atoms with Crippen LogP contribution in [0.25, 0.3) is 16.5 Å². The average Bonchev–Trinajstić information content (AvgIpc) is 3.06. The van der Waals surface area contributed by atoms with E-state index in [0.717, 1.165) is 10.8 Å². The zero-order chi connectivity index (χ0) is 23.3. The fourth-order valence-electron chi connectivity index (χ4n) is 3.53. The SMILES string of the molecule is Cc1cc(NS(=O)(=O)c2ccc(C(C)(C)C)cc2F)n(-c2cccc3c(N)nccc23)n1. The first kappa shape index (κ1) is 21.8. The zero-order valence-corrected chi connectivity index (χ0v) is 19.0. The zero-order valence-electron chi connectivity index (χ0n) is 18.2. The Balaban J connectivity index is 1.79. The van der Waals surface area contributed by atoms with Crippen molar-refractivity contribution in [2.24, 2.45) is 0 Å². The van der Waals surface area contributed by atoms with Crippen molar-refractivity contribution >= 4 is 32.4 Å². The van der Waals surface area contributed by atoms with E-state index >= 15 is 0 Å². The number of anilines is 2. The Hall–Kier alpha value is -3.46.